The van der Waals surface area contributed by atoms with E-state index >= 15 is 0 Å². The summed E-state index contributed by atoms with van der Waals surface area (Å²) in [4.78, 5) is 5.05. The first-order valence-electron chi connectivity index (χ1n) is 23.0. The van der Waals surface area contributed by atoms with Crippen LogP contribution in [0.1, 0.15) is 22.3 Å². The molecule has 1 aliphatic heterocycles. The largest absolute Gasteiger partial charge is 0.456 e. The fourth-order valence-corrected chi connectivity index (χ4v) is 13.1. The highest BCUT2D eigenvalue weighted by Crippen LogP contribution is 2.62. The van der Waals surface area contributed by atoms with Crippen molar-refractivity contribution in [1.82, 2.24) is 4.57 Å². The van der Waals surface area contributed by atoms with Crippen LogP contribution in [0.2, 0.25) is 0 Å². The molecule has 3 heterocycles. The second-order valence-corrected chi connectivity index (χ2v) is 19.0. The zero-order chi connectivity index (χ0) is 43.8. The third-order valence-electron chi connectivity index (χ3n) is 14.6. The molecular weight excluding hydrogens is 833 g/mol. The summed E-state index contributed by atoms with van der Waals surface area (Å²) in [6.45, 7) is 0. The first-order valence-corrected chi connectivity index (χ1v) is 23.8. The quantitative estimate of drug-likeness (QED) is 0.176. The Morgan fingerprint density at radius 1 is 0.388 bits per heavy atom. The standard InChI is InChI=1S/C63H38N2OS/c1-2-19-43-39(15-1)16-13-27-53(43)65-54-26-7-3-20-45(54)46-36-34-42(38-56(46)65)64(55-28-14-30-58-62(55)48-21-4-8-29-57(48)66-58)41-33-35-44-47-22-11-17-40-18-12-25-51(61(40)47)63(52(44)37-41)49-23-5-9-31-59(49)67-60-32-10-6-24-50(60)63/h1-38H. The monoisotopic (exact) mass is 870 g/mol. The van der Waals surface area contributed by atoms with E-state index in [1.165, 1.54) is 81.0 Å². The van der Waals surface area contributed by atoms with Crippen molar-refractivity contribution in [2.24, 2.45) is 0 Å². The lowest BCUT2D eigenvalue weighted by Crippen LogP contribution is -2.36. The van der Waals surface area contributed by atoms with Crippen LogP contribution in [0.25, 0.3) is 82.1 Å². The predicted octanol–water partition coefficient (Wildman–Crippen LogP) is 17.3. The molecule has 1 spiro atoms. The van der Waals surface area contributed by atoms with Gasteiger partial charge in [-0.2, -0.15) is 0 Å². The highest BCUT2D eigenvalue weighted by atomic mass is 32.2. The summed E-state index contributed by atoms with van der Waals surface area (Å²) in [5.74, 6) is 0. The number of aromatic nitrogens is 1. The lowest BCUT2D eigenvalue weighted by atomic mass is 9.59. The second kappa shape index (κ2) is 13.9. The summed E-state index contributed by atoms with van der Waals surface area (Å²) in [6.07, 6.45) is 0. The Hall–Kier alpha value is -8.31. The lowest BCUT2D eigenvalue weighted by Gasteiger charge is -2.46. The number of furan rings is 1. The van der Waals surface area contributed by atoms with E-state index in [9.17, 15) is 0 Å². The Labute approximate surface area is 390 Å². The maximum atomic E-state index is 6.64. The molecule has 0 saturated carbocycles. The zero-order valence-electron chi connectivity index (χ0n) is 36.2. The van der Waals surface area contributed by atoms with Crippen molar-refractivity contribution in [3.8, 4) is 16.8 Å². The van der Waals surface area contributed by atoms with Crippen LogP contribution < -0.4 is 4.90 Å². The fourth-order valence-electron chi connectivity index (χ4n) is 11.9. The van der Waals surface area contributed by atoms with Crippen molar-refractivity contribution in [3.05, 3.63) is 253 Å². The summed E-state index contributed by atoms with van der Waals surface area (Å²) in [6, 6.07) is 85.4. The van der Waals surface area contributed by atoms with E-state index in [1.807, 2.05) is 11.8 Å². The molecule has 0 bridgehead atoms. The topological polar surface area (TPSA) is 21.3 Å². The molecule has 1 aliphatic carbocycles. The van der Waals surface area contributed by atoms with E-state index in [-0.39, 0.29) is 0 Å². The van der Waals surface area contributed by atoms with Gasteiger partial charge in [0.2, 0.25) is 0 Å². The molecule has 15 rings (SSSR count). The first kappa shape index (κ1) is 37.0. The predicted molar refractivity (Wildman–Crippen MR) is 279 cm³/mol. The Kier molecular flexibility index (Phi) is 7.64. The molecule has 0 unspecified atom stereocenters. The Bertz CT molecular complexity index is 4180. The SMILES string of the molecule is c1ccc2c(c1)Sc1ccccc1C21c2cc(N(c3ccc4c5ccccc5n(-c5cccc6ccccc56)c4c3)c3cccc4oc5ccccc5c34)ccc2-c2cccc3cccc1c23. The third-order valence-corrected chi connectivity index (χ3v) is 15.8. The van der Waals surface area contributed by atoms with Crippen molar-refractivity contribution < 1.29 is 4.42 Å². The van der Waals surface area contributed by atoms with Crippen molar-refractivity contribution in [1.29, 1.82) is 0 Å². The van der Waals surface area contributed by atoms with Gasteiger partial charge in [-0.1, -0.05) is 176 Å². The van der Waals surface area contributed by atoms with Gasteiger partial charge in [0.25, 0.3) is 0 Å². The zero-order valence-corrected chi connectivity index (χ0v) is 37.0. The minimum absolute atomic E-state index is 0.595. The van der Waals surface area contributed by atoms with Crippen LogP contribution in [0.4, 0.5) is 17.1 Å². The molecule has 2 aromatic heterocycles. The minimum Gasteiger partial charge on any atom is -0.456 e. The summed E-state index contributed by atoms with van der Waals surface area (Å²) >= 11 is 1.88. The molecule has 0 fully saturated rings. The van der Waals surface area contributed by atoms with Crippen molar-refractivity contribution in [3.63, 3.8) is 0 Å². The maximum absolute atomic E-state index is 6.64. The van der Waals surface area contributed by atoms with E-state index in [1.54, 1.807) is 0 Å². The highest BCUT2D eigenvalue weighted by molar-refractivity contribution is 7.99. The van der Waals surface area contributed by atoms with Gasteiger partial charge in [0.05, 0.1) is 33.2 Å². The molecule has 13 aromatic rings. The maximum Gasteiger partial charge on any atom is 0.137 e. The number of nitrogens with zero attached hydrogens (tertiary/aromatic N) is 2. The van der Waals surface area contributed by atoms with Gasteiger partial charge in [-0.05, 0) is 116 Å². The van der Waals surface area contributed by atoms with Gasteiger partial charge in [-0.25, -0.2) is 0 Å². The molecule has 0 atom stereocenters. The Balaban J connectivity index is 1.07. The molecule has 67 heavy (non-hydrogen) atoms. The van der Waals surface area contributed by atoms with Gasteiger partial charge in [-0.3, -0.25) is 0 Å². The smallest absolute Gasteiger partial charge is 0.137 e. The summed E-state index contributed by atoms with van der Waals surface area (Å²) in [7, 11) is 0. The molecule has 11 aromatic carbocycles. The fraction of sp³-hybridized carbons (Fsp3) is 0.0159. The molecule has 0 radical (unpaired) electrons. The van der Waals surface area contributed by atoms with Gasteiger partial charge in [0.1, 0.15) is 11.2 Å². The number of hydrogen-bond donors (Lipinski definition) is 0. The van der Waals surface area contributed by atoms with Crippen LogP contribution in [-0.4, -0.2) is 4.57 Å². The second-order valence-electron chi connectivity index (χ2n) is 17.9. The minimum atomic E-state index is -0.595. The van der Waals surface area contributed by atoms with Gasteiger partial charge in [0.15, 0.2) is 0 Å². The Morgan fingerprint density at radius 3 is 1.87 bits per heavy atom. The van der Waals surface area contributed by atoms with E-state index < -0.39 is 5.41 Å². The van der Waals surface area contributed by atoms with E-state index in [0.717, 1.165) is 50.2 Å². The van der Waals surface area contributed by atoms with E-state index in [4.69, 9.17) is 4.42 Å². The van der Waals surface area contributed by atoms with Crippen molar-refractivity contribution in [2.75, 3.05) is 4.90 Å². The molecule has 4 heteroatoms. The molecule has 0 amide bonds. The molecule has 3 nitrogen and oxygen atoms in total. The normalized spacial score (nSPS) is 13.4. The molecular formula is C63H38N2OS. The van der Waals surface area contributed by atoms with Crippen LogP contribution in [0.15, 0.2) is 245 Å². The summed E-state index contributed by atoms with van der Waals surface area (Å²) in [5.41, 5.74) is 15.5. The first-order chi connectivity index (χ1) is 33.2. The third kappa shape index (κ3) is 5.03. The van der Waals surface area contributed by atoms with E-state index in [0.29, 0.717) is 0 Å². The van der Waals surface area contributed by atoms with Gasteiger partial charge in [0, 0.05) is 42.7 Å². The van der Waals surface area contributed by atoms with Crippen LogP contribution >= 0.6 is 11.8 Å². The number of hydrogen-bond acceptors (Lipinski definition) is 3. The van der Waals surface area contributed by atoms with Crippen molar-refractivity contribution >= 4 is 94.1 Å². The average Bonchev–Trinajstić information content (AvgIpc) is 3.93. The van der Waals surface area contributed by atoms with Crippen LogP contribution in [0, 0.1) is 0 Å². The van der Waals surface area contributed by atoms with Gasteiger partial charge in [-0.15, -0.1) is 0 Å². The molecule has 312 valence electrons. The number of para-hydroxylation sites is 2. The van der Waals surface area contributed by atoms with Gasteiger partial charge < -0.3 is 13.9 Å². The van der Waals surface area contributed by atoms with Crippen molar-refractivity contribution in [2.45, 2.75) is 15.2 Å². The summed E-state index contributed by atoms with van der Waals surface area (Å²) in [5, 5.41) is 9.61. The molecule has 0 saturated heterocycles. The number of rotatable bonds is 4. The molecule has 0 N–H and O–H groups in total. The van der Waals surface area contributed by atoms with Crippen LogP contribution in [0.3, 0.4) is 0 Å². The Morgan fingerprint density at radius 2 is 1.00 bits per heavy atom. The number of fused-ring (bicyclic) bond motifs is 15. The number of anilines is 3. The lowest BCUT2D eigenvalue weighted by molar-refractivity contribution is 0.669. The highest BCUT2D eigenvalue weighted by Gasteiger charge is 2.49. The average molecular weight is 871 g/mol. The van der Waals surface area contributed by atoms with Gasteiger partial charge >= 0.3 is 0 Å². The number of benzene rings is 11. The molecule has 2 aliphatic rings. The van der Waals surface area contributed by atoms with E-state index in [2.05, 4.69) is 240 Å². The van der Waals surface area contributed by atoms with Crippen LogP contribution in [0.5, 0.6) is 0 Å². The van der Waals surface area contributed by atoms with Crippen LogP contribution in [-0.2, 0) is 5.41 Å². The summed E-state index contributed by atoms with van der Waals surface area (Å²) < 4.78 is 9.11.